The highest BCUT2D eigenvalue weighted by Crippen LogP contribution is 2.31. The number of rotatable bonds is 4. The molecule has 0 aliphatic heterocycles. The van der Waals surface area contributed by atoms with Crippen LogP contribution in [0.4, 0.5) is 17.6 Å². The van der Waals surface area contributed by atoms with Crippen LogP contribution in [0.2, 0.25) is 0 Å². The molecular weight excluding hydrogens is 302 g/mol. The Balaban J connectivity index is 2.47. The number of nitrogens with zero attached hydrogens (tertiary/aromatic N) is 1. The van der Waals surface area contributed by atoms with E-state index in [-0.39, 0.29) is 11.5 Å². The second kappa shape index (κ2) is 6.38. The van der Waals surface area contributed by atoms with Crippen molar-refractivity contribution < 1.29 is 27.1 Å². The molecule has 0 aliphatic rings. The number of ether oxygens (including phenoxy) is 1. The van der Waals surface area contributed by atoms with Gasteiger partial charge in [-0.3, -0.25) is 4.79 Å². The van der Waals surface area contributed by atoms with E-state index < -0.39 is 29.3 Å². The zero-order valence-corrected chi connectivity index (χ0v) is 11.2. The van der Waals surface area contributed by atoms with Crippen LogP contribution in [0.3, 0.4) is 0 Å². The Bertz CT molecular complexity index is 733. The summed E-state index contributed by atoms with van der Waals surface area (Å²) >= 11 is 0. The van der Waals surface area contributed by atoms with E-state index in [0.717, 1.165) is 0 Å². The molecule has 1 aromatic carbocycles. The van der Waals surface area contributed by atoms with E-state index in [1.807, 2.05) is 0 Å². The van der Waals surface area contributed by atoms with E-state index >= 15 is 0 Å². The summed E-state index contributed by atoms with van der Waals surface area (Å²) in [5.41, 5.74) is 0.300. The van der Waals surface area contributed by atoms with Crippen molar-refractivity contribution in [3.05, 3.63) is 59.4 Å². The summed E-state index contributed by atoms with van der Waals surface area (Å²) in [5.74, 6) is -8.70. The molecule has 3 nitrogen and oxygen atoms in total. The standard InChI is InChI=1S/C15H9F4NO2/c1-8(21)6-7-9-4-2-3-5-10(9)22-13-11(16)14(18)20-15(19)12(13)17/h2-7H,1H3/b7-6+. The van der Waals surface area contributed by atoms with Crippen molar-refractivity contribution in [1.29, 1.82) is 0 Å². The molecule has 1 heterocycles. The normalized spacial score (nSPS) is 11.0. The minimum Gasteiger partial charge on any atom is -0.450 e. The van der Waals surface area contributed by atoms with Gasteiger partial charge < -0.3 is 4.74 Å². The van der Waals surface area contributed by atoms with Gasteiger partial charge in [0.2, 0.25) is 17.4 Å². The van der Waals surface area contributed by atoms with Gasteiger partial charge in [-0.2, -0.15) is 22.5 Å². The van der Waals surface area contributed by atoms with Crippen LogP contribution in [0.5, 0.6) is 11.5 Å². The lowest BCUT2D eigenvalue weighted by molar-refractivity contribution is -0.112. The van der Waals surface area contributed by atoms with Gasteiger partial charge in [-0.05, 0) is 25.1 Å². The van der Waals surface area contributed by atoms with Crippen molar-refractivity contribution in [2.75, 3.05) is 0 Å². The maximum Gasteiger partial charge on any atom is 0.255 e. The molecule has 114 valence electrons. The number of halogens is 4. The van der Waals surface area contributed by atoms with Crippen LogP contribution in [-0.2, 0) is 4.79 Å². The number of benzene rings is 1. The molecule has 0 amide bonds. The predicted molar refractivity (Wildman–Crippen MR) is 70.3 cm³/mol. The minimum absolute atomic E-state index is 0.0807. The summed E-state index contributed by atoms with van der Waals surface area (Å²) in [6.45, 7) is 1.31. The fourth-order valence-electron chi connectivity index (χ4n) is 1.59. The summed E-state index contributed by atoms with van der Waals surface area (Å²) in [5, 5.41) is 0. The molecule has 0 saturated heterocycles. The number of para-hydroxylation sites is 1. The fourth-order valence-corrected chi connectivity index (χ4v) is 1.59. The van der Waals surface area contributed by atoms with Crippen LogP contribution in [0.25, 0.3) is 6.08 Å². The molecule has 0 aliphatic carbocycles. The third-order valence-corrected chi connectivity index (χ3v) is 2.59. The highest BCUT2D eigenvalue weighted by atomic mass is 19.2. The Morgan fingerprint density at radius 2 is 1.68 bits per heavy atom. The third-order valence-electron chi connectivity index (χ3n) is 2.59. The Hall–Kier alpha value is -2.70. The second-order valence-electron chi connectivity index (χ2n) is 4.23. The maximum absolute atomic E-state index is 13.5. The van der Waals surface area contributed by atoms with Gasteiger partial charge in [-0.15, -0.1) is 0 Å². The highest BCUT2D eigenvalue weighted by molar-refractivity contribution is 5.91. The third kappa shape index (κ3) is 3.30. The van der Waals surface area contributed by atoms with Crippen molar-refractivity contribution in [3.8, 4) is 11.5 Å². The first-order valence-corrected chi connectivity index (χ1v) is 6.05. The molecular formula is C15H9F4NO2. The first kappa shape index (κ1) is 15.7. The number of pyridine rings is 1. The molecule has 0 saturated carbocycles. The van der Waals surface area contributed by atoms with Crippen LogP contribution < -0.4 is 4.74 Å². The largest absolute Gasteiger partial charge is 0.450 e. The van der Waals surface area contributed by atoms with E-state index in [9.17, 15) is 22.4 Å². The van der Waals surface area contributed by atoms with Gasteiger partial charge in [-0.1, -0.05) is 18.2 Å². The van der Waals surface area contributed by atoms with Crippen LogP contribution in [0, 0.1) is 23.5 Å². The van der Waals surface area contributed by atoms with Gasteiger partial charge in [0.05, 0.1) is 0 Å². The molecule has 0 N–H and O–H groups in total. The molecule has 0 atom stereocenters. The van der Waals surface area contributed by atoms with E-state index in [2.05, 4.69) is 4.98 Å². The summed E-state index contributed by atoms with van der Waals surface area (Å²) in [7, 11) is 0. The molecule has 0 radical (unpaired) electrons. The zero-order valence-electron chi connectivity index (χ0n) is 11.2. The molecule has 2 aromatic rings. The Labute approximate surface area is 122 Å². The van der Waals surface area contributed by atoms with Gasteiger partial charge in [0.25, 0.3) is 11.9 Å². The molecule has 0 bridgehead atoms. The molecule has 7 heteroatoms. The first-order chi connectivity index (χ1) is 10.4. The van der Waals surface area contributed by atoms with Crippen LogP contribution in [0.1, 0.15) is 12.5 Å². The summed E-state index contributed by atoms with van der Waals surface area (Å²) in [6.07, 6.45) is 2.56. The van der Waals surface area contributed by atoms with Crippen molar-refractivity contribution in [3.63, 3.8) is 0 Å². The van der Waals surface area contributed by atoms with Crippen molar-refractivity contribution in [2.45, 2.75) is 6.92 Å². The van der Waals surface area contributed by atoms with Crippen LogP contribution in [0.15, 0.2) is 30.3 Å². The van der Waals surface area contributed by atoms with E-state index in [0.29, 0.717) is 5.56 Å². The Morgan fingerprint density at radius 3 is 2.27 bits per heavy atom. The predicted octanol–water partition coefficient (Wildman–Crippen LogP) is 4.03. The number of allylic oxidation sites excluding steroid dienone is 1. The molecule has 0 unspecified atom stereocenters. The zero-order chi connectivity index (χ0) is 16.3. The molecule has 0 spiro atoms. The minimum atomic E-state index is -1.81. The van der Waals surface area contributed by atoms with Crippen molar-refractivity contribution in [1.82, 2.24) is 4.98 Å². The number of aromatic nitrogens is 1. The first-order valence-electron chi connectivity index (χ1n) is 6.05. The van der Waals surface area contributed by atoms with E-state index in [4.69, 9.17) is 4.74 Å². The van der Waals surface area contributed by atoms with Crippen LogP contribution in [-0.4, -0.2) is 10.8 Å². The molecule has 22 heavy (non-hydrogen) atoms. The average molecular weight is 311 g/mol. The Kier molecular flexibility index (Phi) is 4.55. The second-order valence-corrected chi connectivity index (χ2v) is 4.23. The molecule has 2 rings (SSSR count). The quantitative estimate of drug-likeness (QED) is 0.486. The number of carbonyl (C=O) groups is 1. The fraction of sp³-hybridized carbons (Fsp3) is 0.0667. The van der Waals surface area contributed by atoms with E-state index in [1.165, 1.54) is 37.3 Å². The average Bonchev–Trinajstić information content (AvgIpc) is 2.48. The lowest BCUT2D eigenvalue weighted by Crippen LogP contribution is -2.03. The lowest BCUT2D eigenvalue weighted by atomic mass is 10.1. The monoisotopic (exact) mass is 311 g/mol. The summed E-state index contributed by atoms with van der Waals surface area (Å²) in [4.78, 5) is 13.4. The number of ketones is 1. The number of carbonyl (C=O) groups excluding carboxylic acids is 1. The van der Waals surface area contributed by atoms with E-state index in [1.54, 1.807) is 6.07 Å². The van der Waals surface area contributed by atoms with Crippen LogP contribution >= 0.6 is 0 Å². The Morgan fingerprint density at radius 1 is 1.09 bits per heavy atom. The van der Waals surface area contributed by atoms with Crippen molar-refractivity contribution in [2.24, 2.45) is 0 Å². The SMILES string of the molecule is CC(=O)/C=C/c1ccccc1Oc1c(F)c(F)nc(F)c1F. The van der Waals surface area contributed by atoms with Gasteiger partial charge in [0, 0.05) is 5.56 Å². The van der Waals surface area contributed by atoms with Gasteiger partial charge >= 0.3 is 0 Å². The topological polar surface area (TPSA) is 39.2 Å². The smallest absolute Gasteiger partial charge is 0.255 e. The summed E-state index contributed by atoms with van der Waals surface area (Å²) < 4.78 is 58.1. The van der Waals surface area contributed by atoms with Gasteiger partial charge in [0.1, 0.15) is 5.75 Å². The molecule has 1 aromatic heterocycles. The van der Waals surface area contributed by atoms with Gasteiger partial charge in [0.15, 0.2) is 5.78 Å². The van der Waals surface area contributed by atoms with Gasteiger partial charge in [-0.25, -0.2) is 0 Å². The maximum atomic E-state index is 13.5. The summed E-state index contributed by atoms with van der Waals surface area (Å²) in [6, 6.07) is 5.91. The number of hydrogen-bond donors (Lipinski definition) is 0. The molecule has 0 fully saturated rings. The highest BCUT2D eigenvalue weighted by Gasteiger charge is 2.23. The number of hydrogen-bond acceptors (Lipinski definition) is 3. The van der Waals surface area contributed by atoms with Crippen molar-refractivity contribution >= 4 is 11.9 Å². The lowest BCUT2D eigenvalue weighted by Gasteiger charge is -2.10.